The molecule has 0 spiro atoms. The standard InChI is InChI=1S/C22H25N3O4/c1-14(11-15-9-7-6-8-10-15)19-23-24-20(28-19)17-12-16(13-18(26)25(17)5)21(27)29-22(2,3)4/h6-10,12-14H,11H2,1-5H3/t14-/m0/s1. The second kappa shape index (κ2) is 8.03. The highest BCUT2D eigenvalue weighted by Gasteiger charge is 2.22. The molecule has 7 heteroatoms. The van der Waals surface area contributed by atoms with Crippen LogP contribution in [-0.2, 0) is 18.2 Å². The minimum absolute atomic E-state index is 0.00437. The monoisotopic (exact) mass is 395 g/mol. The van der Waals surface area contributed by atoms with Gasteiger partial charge in [-0.1, -0.05) is 37.3 Å². The highest BCUT2D eigenvalue weighted by molar-refractivity contribution is 5.90. The van der Waals surface area contributed by atoms with Crippen molar-refractivity contribution in [2.45, 2.75) is 45.6 Å². The largest absolute Gasteiger partial charge is 0.456 e. The van der Waals surface area contributed by atoms with E-state index < -0.39 is 11.6 Å². The van der Waals surface area contributed by atoms with Gasteiger partial charge in [-0.2, -0.15) is 0 Å². The van der Waals surface area contributed by atoms with E-state index in [1.54, 1.807) is 27.8 Å². The van der Waals surface area contributed by atoms with Gasteiger partial charge in [-0.05, 0) is 38.8 Å². The third-order valence-electron chi connectivity index (χ3n) is 4.36. The molecule has 0 fully saturated rings. The van der Waals surface area contributed by atoms with Crippen LogP contribution < -0.4 is 5.56 Å². The smallest absolute Gasteiger partial charge is 0.338 e. The van der Waals surface area contributed by atoms with Crippen LogP contribution in [0.1, 0.15) is 55.4 Å². The van der Waals surface area contributed by atoms with Gasteiger partial charge in [0.2, 0.25) is 5.89 Å². The molecule has 0 amide bonds. The van der Waals surface area contributed by atoms with E-state index in [9.17, 15) is 9.59 Å². The van der Waals surface area contributed by atoms with Crippen LogP contribution in [0.2, 0.25) is 0 Å². The molecular weight excluding hydrogens is 370 g/mol. The molecule has 1 atom stereocenters. The van der Waals surface area contributed by atoms with E-state index in [-0.39, 0.29) is 22.9 Å². The Labute approximate surface area is 169 Å². The van der Waals surface area contributed by atoms with Crippen LogP contribution in [-0.4, -0.2) is 26.3 Å². The lowest BCUT2D eigenvalue weighted by atomic mass is 10.0. The fraction of sp³-hybridized carbons (Fsp3) is 0.364. The summed E-state index contributed by atoms with van der Waals surface area (Å²) in [5, 5.41) is 8.24. The lowest BCUT2D eigenvalue weighted by Crippen LogP contribution is -2.26. The van der Waals surface area contributed by atoms with Gasteiger partial charge in [0.15, 0.2) is 0 Å². The number of carbonyl (C=O) groups is 1. The third-order valence-corrected chi connectivity index (χ3v) is 4.36. The maximum absolute atomic E-state index is 12.4. The Morgan fingerprint density at radius 3 is 2.52 bits per heavy atom. The first-order chi connectivity index (χ1) is 13.6. The molecule has 0 saturated carbocycles. The zero-order valence-corrected chi connectivity index (χ0v) is 17.3. The van der Waals surface area contributed by atoms with Gasteiger partial charge in [-0.25, -0.2) is 4.79 Å². The van der Waals surface area contributed by atoms with Gasteiger partial charge in [-0.3, -0.25) is 4.79 Å². The summed E-state index contributed by atoms with van der Waals surface area (Å²) in [6.45, 7) is 7.31. The summed E-state index contributed by atoms with van der Waals surface area (Å²) in [5.74, 6) is 0.0854. The van der Waals surface area contributed by atoms with Crippen LogP contribution in [0.25, 0.3) is 11.6 Å². The number of rotatable bonds is 5. The quantitative estimate of drug-likeness (QED) is 0.612. The Morgan fingerprint density at radius 1 is 1.17 bits per heavy atom. The van der Waals surface area contributed by atoms with Crippen LogP contribution >= 0.6 is 0 Å². The van der Waals surface area contributed by atoms with Crippen molar-refractivity contribution in [1.82, 2.24) is 14.8 Å². The van der Waals surface area contributed by atoms with E-state index >= 15 is 0 Å². The molecule has 3 aromatic rings. The topological polar surface area (TPSA) is 87.2 Å². The number of aromatic nitrogens is 3. The first kappa shape index (κ1) is 20.5. The summed E-state index contributed by atoms with van der Waals surface area (Å²) in [4.78, 5) is 24.7. The van der Waals surface area contributed by atoms with Gasteiger partial charge in [0, 0.05) is 19.0 Å². The number of pyridine rings is 1. The first-order valence-corrected chi connectivity index (χ1v) is 9.46. The molecule has 0 bridgehead atoms. The van der Waals surface area contributed by atoms with E-state index in [2.05, 4.69) is 10.2 Å². The zero-order chi connectivity index (χ0) is 21.2. The molecule has 0 saturated heterocycles. The fourth-order valence-corrected chi connectivity index (χ4v) is 2.89. The van der Waals surface area contributed by atoms with Crippen LogP contribution in [0.5, 0.6) is 0 Å². The van der Waals surface area contributed by atoms with E-state index in [0.29, 0.717) is 11.6 Å². The molecule has 3 rings (SSSR count). The van der Waals surface area contributed by atoms with E-state index in [1.165, 1.54) is 22.3 Å². The van der Waals surface area contributed by atoms with Crippen molar-refractivity contribution in [3.63, 3.8) is 0 Å². The Morgan fingerprint density at radius 2 is 1.86 bits per heavy atom. The maximum Gasteiger partial charge on any atom is 0.338 e. The van der Waals surface area contributed by atoms with Gasteiger partial charge >= 0.3 is 5.97 Å². The average Bonchev–Trinajstić information content (AvgIpc) is 3.13. The lowest BCUT2D eigenvalue weighted by Gasteiger charge is -2.19. The zero-order valence-electron chi connectivity index (χ0n) is 17.3. The SMILES string of the molecule is C[C@@H](Cc1ccccc1)c1nnc(-c2cc(C(=O)OC(C)(C)C)cc(=O)n2C)o1. The molecule has 0 aliphatic rings. The molecule has 152 valence electrons. The second-order valence-corrected chi connectivity index (χ2v) is 8.06. The fourth-order valence-electron chi connectivity index (χ4n) is 2.89. The van der Waals surface area contributed by atoms with Crippen molar-refractivity contribution in [3.8, 4) is 11.6 Å². The highest BCUT2D eigenvalue weighted by Crippen LogP contribution is 2.24. The minimum atomic E-state index is -0.664. The molecule has 0 N–H and O–H groups in total. The molecule has 0 radical (unpaired) electrons. The van der Waals surface area contributed by atoms with Gasteiger partial charge in [-0.15, -0.1) is 10.2 Å². The lowest BCUT2D eigenvalue weighted by molar-refractivity contribution is 0.00692. The van der Waals surface area contributed by atoms with Crippen molar-refractivity contribution >= 4 is 5.97 Å². The molecule has 0 unspecified atom stereocenters. The minimum Gasteiger partial charge on any atom is -0.456 e. The highest BCUT2D eigenvalue weighted by atomic mass is 16.6. The van der Waals surface area contributed by atoms with E-state index in [0.717, 1.165) is 6.42 Å². The van der Waals surface area contributed by atoms with Gasteiger partial charge in [0.25, 0.3) is 11.4 Å². The number of ether oxygens (including phenoxy) is 1. The molecule has 7 nitrogen and oxygen atoms in total. The molecule has 1 aromatic carbocycles. The van der Waals surface area contributed by atoms with Crippen molar-refractivity contribution in [3.05, 3.63) is 69.8 Å². The van der Waals surface area contributed by atoms with Crippen molar-refractivity contribution < 1.29 is 13.9 Å². The van der Waals surface area contributed by atoms with Crippen LogP contribution in [0.4, 0.5) is 0 Å². The van der Waals surface area contributed by atoms with Crippen LogP contribution in [0.15, 0.2) is 51.7 Å². The predicted molar refractivity (Wildman–Crippen MR) is 109 cm³/mol. The summed E-state index contributed by atoms with van der Waals surface area (Å²) in [5.41, 5.74) is 0.654. The van der Waals surface area contributed by atoms with Crippen LogP contribution in [0, 0.1) is 0 Å². The summed E-state index contributed by atoms with van der Waals surface area (Å²) >= 11 is 0. The van der Waals surface area contributed by atoms with Gasteiger partial charge in [0.1, 0.15) is 11.3 Å². The molecule has 0 aliphatic heterocycles. The summed E-state index contributed by atoms with van der Waals surface area (Å²) in [6, 6.07) is 12.8. The van der Waals surface area contributed by atoms with Crippen molar-refractivity contribution in [2.24, 2.45) is 7.05 Å². The number of hydrogen-bond acceptors (Lipinski definition) is 6. The van der Waals surface area contributed by atoms with Gasteiger partial charge in [0.05, 0.1) is 5.56 Å². The molecule has 29 heavy (non-hydrogen) atoms. The Balaban J connectivity index is 1.89. The van der Waals surface area contributed by atoms with E-state index in [4.69, 9.17) is 9.15 Å². The number of esters is 1. The number of benzene rings is 1. The third kappa shape index (κ3) is 4.99. The summed E-state index contributed by atoms with van der Waals surface area (Å²) in [7, 11) is 1.59. The maximum atomic E-state index is 12.4. The summed E-state index contributed by atoms with van der Waals surface area (Å²) in [6.07, 6.45) is 0.749. The predicted octanol–water partition coefficient (Wildman–Crippen LogP) is 3.74. The van der Waals surface area contributed by atoms with Crippen molar-refractivity contribution in [1.29, 1.82) is 0 Å². The molecule has 2 aromatic heterocycles. The van der Waals surface area contributed by atoms with Crippen molar-refractivity contribution in [2.75, 3.05) is 0 Å². The normalized spacial score (nSPS) is 12.6. The van der Waals surface area contributed by atoms with E-state index in [1.807, 2.05) is 37.3 Å². The Hall–Kier alpha value is -3.22. The summed E-state index contributed by atoms with van der Waals surface area (Å²) < 4.78 is 12.6. The average molecular weight is 395 g/mol. The molecule has 2 heterocycles. The molecule has 0 aliphatic carbocycles. The first-order valence-electron chi connectivity index (χ1n) is 9.46. The molecular formula is C22H25N3O4. The second-order valence-electron chi connectivity index (χ2n) is 8.06. The Bertz CT molecular complexity index is 1060. The van der Waals surface area contributed by atoms with Crippen LogP contribution in [0.3, 0.4) is 0 Å². The number of nitrogens with zero attached hydrogens (tertiary/aromatic N) is 3. The number of carbonyl (C=O) groups excluding carboxylic acids is 1. The Kier molecular flexibility index (Phi) is 5.68. The van der Waals surface area contributed by atoms with Gasteiger partial charge < -0.3 is 13.7 Å². The number of hydrogen-bond donors (Lipinski definition) is 0.